The van der Waals surface area contributed by atoms with E-state index in [1.54, 1.807) is 0 Å². The van der Waals surface area contributed by atoms with Gasteiger partial charge in [0, 0.05) is 19.6 Å². The molecule has 1 saturated heterocycles. The van der Waals surface area contributed by atoms with Crippen LogP contribution in [0.5, 0.6) is 0 Å². The maximum atomic E-state index is 3.62. The van der Waals surface area contributed by atoms with Crippen molar-refractivity contribution in [2.24, 2.45) is 5.92 Å². The van der Waals surface area contributed by atoms with Crippen molar-refractivity contribution >= 4 is 11.4 Å². The molecule has 2 nitrogen and oxygen atoms in total. The molecule has 1 aromatic rings. The minimum atomic E-state index is 0.736. The second kappa shape index (κ2) is 6.67. The number of nitrogens with one attached hydrogen (secondary N) is 1. The summed E-state index contributed by atoms with van der Waals surface area (Å²) < 4.78 is 0. The Labute approximate surface area is 111 Å². The smallest absolute Gasteiger partial charge is 0.0602 e. The summed E-state index contributed by atoms with van der Waals surface area (Å²) in [5.74, 6) is 0.736. The van der Waals surface area contributed by atoms with Gasteiger partial charge >= 0.3 is 0 Å². The topological polar surface area (TPSA) is 15.3 Å². The minimum absolute atomic E-state index is 0.736. The highest BCUT2D eigenvalue weighted by atomic mass is 15.1. The molecule has 1 N–H and O–H groups in total. The fourth-order valence-corrected chi connectivity index (χ4v) is 2.46. The van der Waals surface area contributed by atoms with Crippen molar-refractivity contribution in [3.63, 3.8) is 0 Å². The van der Waals surface area contributed by atoms with Crippen LogP contribution in [0.1, 0.15) is 39.5 Å². The lowest BCUT2D eigenvalue weighted by molar-refractivity contribution is 0.576. The zero-order chi connectivity index (χ0) is 12.8. The zero-order valence-electron chi connectivity index (χ0n) is 11.8. The standard InChI is InChI=1S/C16H26N2/c1-3-14(2)13-17-15-9-5-6-10-16(15)18-11-7-4-8-12-18/h5-6,9-10,14,17H,3-4,7-8,11-13H2,1-2H3. The predicted molar refractivity (Wildman–Crippen MR) is 80.5 cm³/mol. The molecule has 1 heterocycles. The number of piperidine rings is 1. The van der Waals surface area contributed by atoms with Gasteiger partial charge in [-0.15, -0.1) is 0 Å². The van der Waals surface area contributed by atoms with Gasteiger partial charge in [0.05, 0.1) is 11.4 Å². The van der Waals surface area contributed by atoms with E-state index in [0.29, 0.717) is 0 Å². The summed E-state index contributed by atoms with van der Waals surface area (Å²) in [6.45, 7) is 8.05. The van der Waals surface area contributed by atoms with Crippen LogP contribution >= 0.6 is 0 Å². The van der Waals surface area contributed by atoms with Crippen molar-refractivity contribution in [2.45, 2.75) is 39.5 Å². The highest BCUT2D eigenvalue weighted by Crippen LogP contribution is 2.28. The van der Waals surface area contributed by atoms with E-state index in [0.717, 1.165) is 12.5 Å². The number of hydrogen-bond acceptors (Lipinski definition) is 2. The van der Waals surface area contributed by atoms with Gasteiger partial charge in [-0.25, -0.2) is 0 Å². The van der Waals surface area contributed by atoms with E-state index >= 15 is 0 Å². The SMILES string of the molecule is CCC(C)CNc1ccccc1N1CCCCC1. The number of anilines is 2. The largest absolute Gasteiger partial charge is 0.383 e. The molecule has 1 atom stereocenters. The molecule has 0 aliphatic carbocycles. The molecule has 0 amide bonds. The molecule has 100 valence electrons. The summed E-state index contributed by atoms with van der Waals surface area (Å²) in [5.41, 5.74) is 2.69. The zero-order valence-corrected chi connectivity index (χ0v) is 11.8. The third-order valence-corrected chi connectivity index (χ3v) is 3.94. The lowest BCUT2D eigenvalue weighted by Gasteiger charge is -2.31. The molecular weight excluding hydrogens is 220 g/mol. The molecule has 0 bridgehead atoms. The summed E-state index contributed by atoms with van der Waals surface area (Å²) in [5, 5.41) is 3.62. The molecule has 0 spiro atoms. The number of rotatable bonds is 5. The van der Waals surface area contributed by atoms with Gasteiger partial charge < -0.3 is 10.2 Å². The Balaban J connectivity index is 2.04. The number of hydrogen-bond donors (Lipinski definition) is 1. The summed E-state index contributed by atoms with van der Waals surface area (Å²) >= 11 is 0. The Hall–Kier alpha value is -1.18. The van der Waals surface area contributed by atoms with E-state index in [4.69, 9.17) is 0 Å². The molecule has 0 aromatic heterocycles. The van der Waals surface area contributed by atoms with Crippen LogP contribution < -0.4 is 10.2 Å². The van der Waals surface area contributed by atoms with Crippen molar-refractivity contribution in [3.8, 4) is 0 Å². The first-order valence-corrected chi connectivity index (χ1v) is 7.39. The second-order valence-corrected chi connectivity index (χ2v) is 5.46. The van der Waals surface area contributed by atoms with Crippen molar-refractivity contribution in [3.05, 3.63) is 24.3 Å². The molecule has 1 aliphatic rings. The van der Waals surface area contributed by atoms with Gasteiger partial charge in [0.2, 0.25) is 0 Å². The lowest BCUT2D eigenvalue weighted by Crippen LogP contribution is -2.30. The van der Waals surface area contributed by atoms with Crippen LogP contribution in [0.4, 0.5) is 11.4 Å². The fourth-order valence-electron chi connectivity index (χ4n) is 2.46. The van der Waals surface area contributed by atoms with Gasteiger partial charge in [-0.2, -0.15) is 0 Å². The molecule has 1 fully saturated rings. The first-order chi connectivity index (χ1) is 8.81. The van der Waals surface area contributed by atoms with E-state index in [2.05, 4.69) is 48.3 Å². The number of benzene rings is 1. The van der Waals surface area contributed by atoms with Crippen LogP contribution in [0.25, 0.3) is 0 Å². The van der Waals surface area contributed by atoms with E-state index < -0.39 is 0 Å². The van der Waals surface area contributed by atoms with Crippen LogP contribution in [0.2, 0.25) is 0 Å². The number of para-hydroxylation sites is 2. The Morgan fingerprint density at radius 2 is 1.89 bits per heavy atom. The summed E-state index contributed by atoms with van der Waals surface area (Å²) in [6.07, 6.45) is 5.29. The minimum Gasteiger partial charge on any atom is -0.383 e. The van der Waals surface area contributed by atoms with Gasteiger partial charge in [-0.3, -0.25) is 0 Å². The van der Waals surface area contributed by atoms with Crippen LogP contribution in [0, 0.1) is 5.92 Å². The molecule has 2 rings (SSSR count). The second-order valence-electron chi connectivity index (χ2n) is 5.46. The molecule has 1 unspecified atom stereocenters. The highest BCUT2D eigenvalue weighted by Gasteiger charge is 2.14. The first kappa shape index (κ1) is 13.3. The Bertz CT molecular complexity index is 356. The predicted octanol–water partition coefficient (Wildman–Crippen LogP) is 4.13. The van der Waals surface area contributed by atoms with E-state index in [9.17, 15) is 0 Å². The van der Waals surface area contributed by atoms with Gasteiger partial charge in [-0.1, -0.05) is 32.4 Å². The molecule has 1 aromatic carbocycles. The summed E-state index contributed by atoms with van der Waals surface area (Å²) in [6, 6.07) is 8.75. The quantitative estimate of drug-likeness (QED) is 0.840. The van der Waals surface area contributed by atoms with Crippen molar-refractivity contribution in [1.82, 2.24) is 0 Å². The molecule has 1 aliphatic heterocycles. The Morgan fingerprint density at radius 1 is 1.17 bits per heavy atom. The van der Waals surface area contributed by atoms with E-state index in [-0.39, 0.29) is 0 Å². The average molecular weight is 246 g/mol. The summed E-state index contributed by atoms with van der Waals surface area (Å²) in [7, 11) is 0. The maximum absolute atomic E-state index is 3.62. The molecule has 2 heteroatoms. The highest BCUT2D eigenvalue weighted by molar-refractivity contribution is 5.70. The first-order valence-electron chi connectivity index (χ1n) is 7.39. The molecule has 0 saturated carbocycles. The Morgan fingerprint density at radius 3 is 2.61 bits per heavy atom. The maximum Gasteiger partial charge on any atom is 0.0602 e. The van der Waals surface area contributed by atoms with Crippen LogP contribution in [-0.2, 0) is 0 Å². The van der Waals surface area contributed by atoms with E-state index in [1.165, 1.54) is 50.1 Å². The van der Waals surface area contributed by atoms with Crippen LogP contribution in [0.15, 0.2) is 24.3 Å². The molecule has 0 radical (unpaired) electrons. The third kappa shape index (κ3) is 3.41. The fraction of sp³-hybridized carbons (Fsp3) is 0.625. The van der Waals surface area contributed by atoms with E-state index in [1.807, 2.05) is 0 Å². The normalized spacial score (nSPS) is 17.6. The van der Waals surface area contributed by atoms with Gasteiger partial charge in [0.25, 0.3) is 0 Å². The van der Waals surface area contributed by atoms with Gasteiger partial charge in [-0.05, 0) is 37.3 Å². The lowest BCUT2D eigenvalue weighted by atomic mass is 10.1. The molecular formula is C16H26N2. The van der Waals surface area contributed by atoms with Crippen molar-refractivity contribution in [2.75, 3.05) is 29.9 Å². The third-order valence-electron chi connectivity index (χ3n) is 3.94. The van der Waals surface area contributed by atoms with Crippen molar-refractivity contribution in [1.29, 1.82) is 0 Å². The summed E-state index contributed by atoms with van der Waals surface area (Å²) in [4.78, 5) is 2.53. The Kier molecular flexibility index (Phi) is 4.91. The van der Waals surface area contributed by atoms with Gasteiger partial charge in [0.1, 0.15) is 0 Å². The van der Waals surface area contributed by atoms with Gasteiger partial charge in [0.15, 0.2) is 0 Å². The van der Waals surface area contributed by atoms with Crippen LogP contribution in [-0.4, -0.2) is 19.6 Å². The molecule has 18 heavy (non-hydrogen) atoms. The van der Waals surface area contributed by atoms with Crippen molar-refractivity contribution < 1.29 is 0 Å². The monoisotopic (exact) mass is 246 g/mol. The van der Waals surface area contributed by atoms with Crippen LogP contribution in [0.3, 0.4) is 0 Å². The number of nitrogens with zero attached hydrogens (tertiary/aromatic N) is 1. The average Bonchev–Trinajstić information content (AvgIpc) is 2.46.